The number of aryl methyl sites for hydroxylation is 1. The third-order valence-corrected chi connectivity index (χ3v) is 5.22. The second-order valence-corrected chi connectivity index (χ2v) is 7.76. The number of benzene rings is 2. The van der Waals surface area contributed by atoms with Crippen LogP contribution in [0.3, 0.4) is 0 Å². The normalized spacial score (nSPS) is 13.2. The number of fused-ring (bicyclic) bond motifs is 1. The molecule has 0 bridgehead atoms. The Morgan fingerprint density at radius 2 is 2.03 bits per heavy atom. The number of hydrogen-bond donors (Lipinski definition) is 1. The minimum absolute atomic E-state index is 0.0117. The zero-order valence-corrected chi connectivity index (χ0v) is 18.4. The van der Waals surface area contributed by atoms with Crippen LogP contribution < -0.4 is 15.0 Å². The van der Waals surface area contributed by atoms with E-state index in [9.17, 15) is 9.59 Å². The van der Waals surface area contributed by atoms with E-state index in [4.69, 9.17) is 16.3 Å². The van der Waals surface area contributed by atoms with Crippen LogP contribution in [0.4, 0.5) is 17.2 Å². The summed E-state index contributed by atoms with van der Waals surface area (Å²) in [5, 5.41) is 3.38. The zero-order valence-electron chi connectivity index (χ0n) is 17.6. The first kappa shape index (κ1) is 21.5. The zero-order chi connectivity index (χ0) is 22.7. The molecule has 162 valence electrons. The molecule has 0 saturated carbocycles. The van der Waals surface area contributed by atoms with Gasteiger partial charge in [0.2, 0.25) is 11.8 Å². The molecule has 7 nitrogen and oxygen atoms in total. The third-order valence-electron chi connectivity index (χ3n) is 4.99. The van der Waals surface area contributed by atoms with Gasteiger partial charge in [0.15, 0.2) is 5.82 Å². The van der Waals surface area contributed by atoms with Gasteiger partial charge in [-0.2, -0.15) is 0 Å². The van der Waals surface area contributed by atoms with Crippen molar-refractivity contribution >= 4 is 46.3 Å². The van der Waals surface area contributed by atoms with Crippen LogP contribution in [0, 0.1) is 6.92 Å². The van der Waals surface area contributed by atoms with Crippen LogP contribution in [0.2, 0.25) is 5.02 Å². The lowest BCUT2D eigenvalue weighted by molar-refractivity contribution is -0.120. The monoisotopic (exact) mass is 448 g/mol. The Hall–Kier alpha value is -3.71. The van der Waals surface area contributed by atoms with Crippen LogP contribution in [-0.4, -0.2) is 36.2 Å². The molecule has 0 spiro atoms. The van der Waals surface area contributed by atoms with E-state index in [0.29, 0.717) is 33.7 Å². The molecule has 2 aromatic carbocycles. The molecular formula is C24H21ClN4O3. The van der Waals surface area contributed by atoms with Crippen molar-refractivity contribution in [3.05, 3.63) is 76.9 Å². The molecule has 2 amide bonds. The number of halogens is 1. The summed E-state index contributed by atoms with van der Waals surface area (Å²) >= 11 is 6.13. The second-order valence-electron chi connectivity index (χ2n) is 7.32. The van der Waals surface area contributed by atoms with Gasteiger partial charge in [0.05, 0.1) is 24.9 Å². The number of methoxy groups -OCH3 is 1. The maximum atomic E-state index is 13.2. The SMILES string of the molecule is COc1ccc(C)cc1NC(=O)CN1C(=O)CC(c2cccc(Cl)c2)=Nc2cccnc21. The molecule has 0 saturated heterocycles. The minimum atomic E-state index is -0.370. The van der Waals surface area contributed by atoms with E-state index >= 15 is 0 Å². The van der Waals surface area contributed by atoms with Crippen molar-refractivity contribution in [2.24, 2.45) is 4.99 Å². The van der Waals surface area contributed by atoms with Gasteiger partial charge in [0, 0.05) is 11.2 Å². The number of anilines is 2. The van der Waals surface area contributed by atoms with Crippen LogP contribution in [0.1, 0.15) is 17.5 Å². The van der Waals surface area contributed by atoms with E-state index in [1.807, 2.05) is 25.1 Å². The standard InChI is InChI=1S/C24H21ClN4O3/c1-15-8-9-21(32-2)20(11-15)28-22(30)14-29-23(31)13-19(16-5-3-6-17(25)12-16)27-18-7-4-10-26-24(18)29/h3-12H,13-14H2,1-2H3,(H,28,30). The first-order chi connectivity index (χ1) is 15.4. The fraction of sp³-hybridized carbons (Fsp3) is 0.167. The maximum Gasteiger partial charge on any atom is 0.244 e. The molecule has 1 aliphatic rings. The largest absolute Gasteiger partial charge is 0.495 e. The average molecular weight is 449 g/mol. The number of amides is 2. The third kappa shape index (κ3) is 4.63. The van der Waals surface area contributed by atoms with Gasteiger partial charge in [-0.25, -0.2) is 9.98 Å². The molecule has 2 heterocycles. The number of aromatic nitrogens is 1. The molecule has 0 fully saturated rings. The van der Waals surface area contributed by atoms with Gasteiger partial charge in [-0.05, 0) is 54.4 Å². The maximum absolute atomic E-state index is 13.2. The predicted octanol–water partition coefficient (Wildman–Crippen LogP) is 4.55. The molecule has 0 radical (unpaired) electrons. The number of pyridine rings is 1. The summed E-state index contributed by atoms with van der Waals surface area (Å²) in [7, 11) is 1.54. The highest BCUT2D eigenvalue weighted by molar-refractivity contribution is 6.31. The van der Waals surface area contributed by atoms with E-state index in [2.05, 4.69) is 15.3 Å². The van der Waals surface area contributed by atoms with Crippen molar-refractivity contribution < 1.29 is 14.3 Å². The van der Waals surface area contributed by atoms with Crippen molar-refractivity contribution in [1.82, 2.24) is 4.98 Å². The van der Waals surface area contributed by atoms with Crippen LogP contribution >= 0.6 is 11.6 Å². The van der Waals surface area contributed by atoms with E-state index < -0.39 is 0 Å². The van der Waals surface area contributed by atoms with E-state index in [-0.39, 0.29) is 24.8 Å². The van der Waals surface area contributed by atoms with E-state index in [0.717, 1.165) is 11.1 Å². The van der Waals surface area contributed by atoms with Gasteiger partial charge < -0.3 is 10.1 Å². The number of rotatable bonds is 5. The second kappa shape index (κ2) is 9.20. The van der Waals surface area contributed by atoms with Crippen molar-refractivity contribution in [2.75, 3.05) is 23.9 Å². The fourth-order valence-electron chi connectivity index (χ4n) is 3.48. The highest BCUT2D eigenvalue weighted by Crippen LogP contribution is 2.31. The molecule has 0 atom stereocenters. The molecule has 1 aliphatic heterocycles. The Morgan fingerprint density at radius 1 is 1.19 bits per heavy atom. The number of carbonyl (C=O) groups excluding carboxylic acids is 2. The molecule has 1 aromatic heterocycles. The Labute approximate surface area is 190 Å². The first-order valence-corrected chi connectivity index (χ1v) is 10.4. The molecule has 0 aliphatic carbocycles. The van der Waals surface area contributed by atoms with Crippen LogP contribution in [-0.2, 0) is 9.59 Å². The average Bonchev–Trinajstić information content (AvgIpc) is 2.91. The predicted molar refractivity (Wildman–Crippen MR) is 125 cm³/mol. The van der Waals surface area contributed by atoms with Crippen molar-refractivity contribution in [3.8, 4) is 5.75 Å². The molecule has 4 rings (SSSR count). The number of carbonyl (C=O) groups is 2. The smallest absolute Gasteiger partial charge is 0.244 e. The summed E-state index contributed by atoms with van der Waals surface area (Å²) in [4.78, 5) is 36.4. The number of ether oxygens (including phenoxy) is 1. The molecule has 1 N–H and O–H groups in total. The minimum Gasteiger partial charge on any atom is -0.495 e. The van der Waals surface area contributed by atoms with Gasteiger partial charge in [-0.1, -0.05) is 29.8 Å². The molecule has 32 heavy (non-hydrogen) atoms. The topological polar surface area (TPSA) is 83.9 Å². The Morgan fingerprint density at radius 3 is 2.81 bits per heavy atom. The van der Waals surface area contributed by atoms with Gasteiger partial charge in [0.1, 0.15) is 18.0 Å². The summed E-state index contributed by atoms with van der Waals surface area (Å²) in [6, 6.07) is 16.2. The van der Waals surface area contributed by atoms with Gasteiger partial charge >= 0.3 is 0 Å². The van der Waals surface area contributed by atoms with E-state index in [1.54, 1.807) is 42.6 Å². The molecule has 3 aromatic rings. The summed E-state index contributed by atoms with van der Waals surface area (Å²) < 4.78 is 5.32. The summed E-state index contributed by atoms with van der Waals surface area (Å²) in [6.07, 6.45) is 1.58. The quantitative estimate of drug-likeness (QED) is 0.620. The number of hydrogen-bond acceptors (Lipinski definition) is 5. The van der Waals surface area contributed by atoms with Crippen LogP contribution in [0.15, 0.2) is 65.8 Å². The lowest BCUT2D eigenvalue weighted by Gasteiger charge is -2.21. The number of nitrogens with zero attached hydrogens (tertiary/aromatic N) is 3. The Balaban J connectivity index is 1.62. The Kier molecular flexibility index (Phi) is 6.18. The summed E-state index contributed by atoms with van der Waals surface area (Å²) in [5.74, 6) is 0.217. The Bertz CT molecular complexity index is 1230. The summed E-state index contributed by atoms with van der Waals surface area (Å²) in [6.45, 7) is 1.71. The molecule has 8 heteroatoms. The number of nitrogens with one attached hydrogen (secondary N) is 1. The summed E-state index contributed by atoms with van der Waals surface area (Å²) in [5.41, 5.74) is 3.33. The van der Waals surface area contributed by atoms with E-state index in [1.165, 1.54) is 12.0 Å². The van der Waals surface area contributed by atoms with Crippen LogP contribution in [0.5, 0.6) is 5.75 Å². The fourth-order valence-corrected chi connectivity index (χ4v) is 3.67. The van der Waals surface area contributed by atoms with Gasteiger partial charge in [-0.15, -0.1) is 0 Å². The van der Waals surface area contributed by atoms with Crippen molar-refractivity contribution in [1.29, 1.82) is 0 Å². The lowest BCUT2D eigenvalue weighted by atomic mass is 10.1. The van der Waals surface area contributed by atoms with Crippen LogP contribution in [0.25, 0.3) is 0 Å². The molecular weight excluding hydrogens is 428 g/mol. The lowest BCUT2D eigenvalue weighted by Crippen LogP contribution is -2.39. The number of aliphatic imine (C=N–C) groups is 1. The van der Waals surface area contributed by atoms with Gasteiger partial charge in [0.25, 0.3) is 0 Å². The van der Waals surface area contributed by atoms with Gasteiger partial charge in [-0.3, -0.25) is 14.5 Å². The molecule has 0 unspecified atom stereocenters. The van der Waals surface area contributed by atoms with Crippen molar-refractivity contribution in [2.45, 2.75) is 13.3 Å². The highest BCUT2D eigenvalue weighted by atomic mass is 35.5. The highest BCUT2D eigenvalue weighted by Gasteiger charge is 2.28. The first-order valence-electron chi connectivity index (χ1n) is 9.98. The van der Waals surface area contributed by atoms with Crippen molar-refractivity contribution in [3.63, 3.8) is 0 Å².